The number of nitro groups is 1. The summed E-state index contributed by atoms with van der Waals surface area (Å²) in [5.41, 5.74) is -0.0245. The third-order valence-electron chi connectivity index (χ3n) is 2.37. The van der Waals surface area contributed by atoms with Crippen LogP contribution in [0.1, 0.15) is 25.1 Å². The molecule has 1 heterocycles. The summed E-state index contributed by atoms with van der Waals surface area (Å²) in [4.78, 5) is 24.3. The van der Waals surface area contributed by atoms with Crippen LogP contribution >= 0.6 is 11.8 Å². The summed E-state index contributed by atoms with van der Waals surface area (Å²) in [6, 6.07) is 2.51. The fourth-order valence-corrected chi connectivity index (χ4v) is 2.01. The van der Waals surface area contributed by atoms with Gasteiger partial charge in [0.15, 0.2) is 5.12 Å². The third-order valence-corrected chi connectivity index (χ3v) is 3.21. The molecular formula is C11H14N2O5S. The minimum absolute atomic E-state index is 0.0600. The van der Waals surface area contributed by atoms with Crippen LogP contribution in [0.4, 0.5) is 5.69 Å². The predicted octanol–water partition coefficient (Wildman–Crippen LogP) is 1.05. The molecule has 0 amide bonds. The van der Waals surface area contributed by atoms with E-state index in [1.807, 2.05) is 0 Å². The molecule has 0 bridgehead atoms. The molecule has 0 aliphatic heterocycles. The number of hydrogen-bond donors (Lipinski definition) is 2. The largest absolute Gasteiger partial charge is 0.390 e. The number of thioether (sulfide) groups is 1. The van der Waals surface area contributed by atoms with Crippen LogP contribution in [-0.4, -0.2) is 37.1 Å². The molecule has 0 fully saturated rings. The Balaban J connectivity index is 2.58. The molecule has 19 heavy (non-hydrogen) atoms. The molecule has 7 nitrogen and oxygen atoms in total. The average Bonchev–Trinajstić information content (AvgIpc) is 2.37. The predicted molar refractivity (Wildman–Crippen MR) is 69.6 cm³/mol. The summed E-state index contributed by atoms with van der Waals surface area (Å²) in [6.45, 7) is 1.42. The van der Waals surface area contributed by atoms with Gasteiger partial charge in [-0.05, 0) is 12.5 Å². The molecule has 2 N–H and O–H groups in total. The lowest BCUT2D eigenvalue weighted by Crippen LogP contribution is -2.20. The molecule has 2 atom stereocenters. The highest BCUT2D eigenvalue weighted by atomic mass is 32.2. The Hall–Kier alpha value is -1.51. The molecule has 1 rings (SSSR count). The molecule has 0 aliphatic carbocycles. The average molecular weight is 286 g/mol. The Kier molecular flexibility index (Phi) is 5.87. The first-order valence-electron chi connectivity index (χ1n) is 5.51. The molecule has 2 unspecified atom stereocenters. The fraction of sp³-hybridized carbons (Fsp3) is 0.455. The lowest BCUT2D eigenvalue weighted by molar-refractivity contribution is -0.385. The molecule has 1 aromatic heterocycles. The van der Waals surface area contributed by atoms with Crippen LogP contribution < -0.4 is 0 Å². The summed E-state index contributed by atoms with van der Waals surface area (Å²) in [5.74, 6) is 0.389. The van der Waals surface area contributed by atoms with Crippen LogP contribution in [0.25, 0.3) is 0 Å². The summed E-state index contributed by atoms with van der Waals surface area (Å²) < 4.78 is 0. The first-order valence-corrected chi connectivity index (χ1v) is 6.50. The number of aliphatic hydroxyl groups is 2. The van der Waals surface area contributed by atoms with Crippen LogP contribution in [0.3, 0.4) is 0 Å². The molecule has 0 aromatic carbocycles. The van der Waals surface area contributed by atoms with E-state index < -0.39 is 17.1 Å². The van der Waals surface area contributed by atoms with Gasteiger partial charge in [0.25, 0.3) is 5.69 Å². The van der Waals surface area contributed by atoms with E-state index in [1.165, 1.54) is 19.1 Å². The first-order chi connectivity index (χ1) is 8.91. The van der Waals surface area contributed by atoms with Crippen molar-refractivity contribution in [2.45, 2.75) is 25.6 Å². The van der Waals surface area contributed by atoms with Gasteiger partial charge < -0.3 is 10.2 Å². The van der Waals surface area contributed by atoms with Crippen molar-refractivity contribution in [1.29, 1.82) is 0 Å². The van der Waals surface area contributed by atoms with Gasteiger partial charge >= 0.3 is 0 Å². The van der Waals surface area contributed by atoms with Crippen LogP contribution in [0.5, 0.6) is 0 Å². The highest BCUT2D eigenvalue weighted by molar-refractivity contribution is 8.13. The summed E-state index contributed by atoms with van der Waals surface area (Å²) in [7, 11) is 0. The molecule has 0 saturated carbocycles. The van der Waals surface area contributed by atoms with E-state index in [9.17, 15) is 25.1 Å². The van der Waals surface area contributed by atoms with Crippen molar-refractivity contribution in [3.8, 4) is 0 Å². The maximum atomic E-state index is 10.7. The number of aliphatic hydroxyl groups excluding tert-OH is 2. The summed E-state index contributed by atoms with van der Waals surface area (Å²) >= 11 is 1.06. The van der Waals surface area contributed by atoms with Gasteiger partial charge in [-0.1, -0.05) is 11.8 Å². The molecule has 0 spiro atoms. The van der Waals surface area contributed by atoms with Crippen molar-refractivity contribution in [3.05, 3.63) is 34.1 Å². The zero-order valence-electron chi connectivity index (χ0n) is 10.2. The van der Waals surface area contributed by atoms with E-state index in [0.717, 1.165) is 18.0 Å². The SMILES string of the molecule is CC(=O)SCCC(O)C(O)c1ccc([N+](=O)[O-])cn1. The Morgan fingerprint density at radius 3 is 2.68 bits per heavy atom. The minimum Gasteiger partial charge on any atom is -0.390 e. The van der Waals surface area contributed by atoms with Crippen molar-refractivity contribution in [2.75, 3.05) is 5.75 Å². The second-order valence-corrected chi connectivity index (χ2v) is 5.11. The van der Waals surface area contributed by atoms with Crippen LogP contribution in [0.15, 0.2) is 18.3 Å². The van der Waals surface area contributed by atoms with E-state index >= 15 is 0 Å². The summed E-state index contributed by atoms with van der Waals surface area (Å²) in [5, 5.41) is 29.9. The summed E-state index contributed by atoms with van der Waals surface area (Å²) in [6.07, 6.45) is -1.05. The van der Waals surface area contributed by atoms with Crippen molar-refractivity contribution in [2.24, 2.45) is 0 Å². The number of aromatic nitrogens is 1. The van der Waals surface area contributed by atoms with Crippen molar-refractivity contribution in [3.63, 3.8) is 0 Å². The smallest absolute Gasteiger partial charge is 0.287 e. The lowest BCUT2D eigenvalue weighted by Gasteiger charge is -2.16. The van der Waals surface area contributed by atoms with Gasteiger partial charge in [0.2, 0.25) is 0 Å². The van der Waals surface area contributed by atoms with E-state index in [1.54, 1.807) is 0 Å². The highest BCUT2D eigenvalue weighted by Crippen LogP contribution is 2.20. The number of nitrogens with zero attached hydrogens (tertiary/aromatic N) is 2. The van der Waals surface area contributed by atoms with Gasteiger partial charge in [-0.2, -0.15) is 0 Å². The molecule has 8 heteroatoms. The van der Waals surface area contributed by atoms with E-state index in [-0.39, 0.29) is 22.9 Å². The van der Waals surface area contributed by atoms with Gasteiger partial charge in [-0.25, -0.2) is 0 Å². The lowest BCUT2D eigenvalue weighted by atomic mass is 10.1. The number of rotatable bonds is 6. The quantitative estimate of drug-likeness (QED) is 0.593. The minimum atomic E-state index is -1.23. The Morgan fingerprint density at radius 2 is 2.21 bits per heavy atom. The number of carbonyl (C=O) groups excluding carboxylic acids is 1. The Morgan fingerprint density at radius 1 is 1.53 bits per heavy atom. The Labute approximate surface area is 113 Å². The Bertz CT molecular complexity index is 451. The molecule has 104 valence electrons. The van der Waals surface area contributed by atoms with Gasteiger partial charge in [0.05, 0.1) is 16.7 Å². The maximum absolute atomic E-state index is 10.7. The maximum Gasteiger partial charge on any atom is 0.287 e. The first kappa shape index (κ1) is 15.5. The molecule has 1 aromatic rings. The fourth-order valence-electron chi connectivity index (χ4n) is 1.36. The second kappa shape index (κ2) is 7.17. The zero-order valence-corrected chi connectivity index (χ0v) is 11.0. The van der Waals surface area contributed by atoms with E-state index in [2.05, 4.69) is 4.98 Å². The monoisotopic (exact) mass is 286 g/mol. The topological polar surface area (TPSA) is 114 Å². The van der Waals surface area contributed by atoms with Crippen molar-refractivity contribution in [1.82, 2.24) is 4.98 Å². The van der Waals surface area contributed by atoms with Crippen LogP contribution in [0.2, 0.25) is 0 Å². The van der Waals surface area contributed by atoms with Crippen molar-refractivity contribution < 1.29 is 19.9 Å². The molecule has 0 aliphatic rings. The van der Waals surface area contributed by atoms with E-state index in [0.29, 0.717) is 5.75 Å². The zero-order chi connectivity index (χ0) is 14.4. The van der Waals surface area contributed by atoms with Gasteiger partial charge in [-0.15, -0.1) is 0 Å². The third kappa shape index (κ3) is 4.93. The van der Waals surface area contributed by atoms with Crippen LogP contribution in [-0.2, 0) is 4.79 Å². The number of pyridine rings is 1. The molecule has 0 saturated heterocycles. The number of carbonyl (C=O) groups is 1. The normalized spacial score (nSPS) is 13.8. The van der Waals surface area contributed by atoms with E-state index in [4.69, 9.17) is 0 Å². The van der Waals surface area contributed by atoms with Gasteiger partial charge in [0.1, 0.15) is 12.3 Å². The molecular weight excluding hydrogens is 272 g/mol. The molecule has 0 radical (unpaired) electrons. The van der Waals surface area contributed by atoms with Gasteiger partial charge in [0, 0.05) is 18.7 Å². The highest BCUT2D eigenvalue weighted by Gasteiger charge is 2.20. The van der Waals surface area contributed by atoms with Crippen LogP contribution in [0, 0.1) is 10.1 Å². The van der Waals surface area contributed by atoms with Crippen molar-refractivity contribution >= 4 is 22.6 Å². The standard InChI is InChI=1S/C11H14N2O5S/c1-7(14)19-5-4-10(15)11(16)9-3-2-8(6-12-9)13(17)18/h2-3,6,10-11,15-16H,4-5H2,1H3. The van der Waals surface area contributed by atoms with Gasteiger partial charge in [-0.3, -0.25) is 19.9 Å². The second-order valence-electron chi connectivity index (χ2n) is 3.84. The number of hydrogen-bond acceptors (Lipinski definition) is 7.